The normalized spacial score (nSPS) is 27.3. The lowest BCUT2D eigenvalue weighted by Gasteiger charge is -2.38. The van der Waals surface area contributed by atoms with Crippen LogP contribution >= 0.6 is 0 Å². The molecule has 2 saturated heterocycles. The number of likely N-dealkylation sites (tertiary alicyclic amines) is 1. The highest BCUT2D eigenvalue weighted by atomic mass is 16.2. The lowest BCUT2D eigenvalue weighted by Crippen LogP contribution is -2.51. The maximum Gasteiger partial charge on any atom is 0.222 e. The highest BCUT2D eigenvalue weighted by molar-refractivity contribution is 5.76. The van der Waals surface area contributed by atoms with Crippen LogP contribution in [-0.4, -0.2) is 42.5 Å². The summed E-state index contributed by atoms with van der Waals surface area (Å²) < 4.78 is 0. The first-order chi connectivity index (χ1) is 9.18. The molecule has 4 nitrogen and oxygen atoms in total. The van der Waals surface area contributed by atoms with Gasteiger partial charge in [0.05, 0.1) is 0 Å². The number of nitrogens with one attached hydrogen (secondary N) is 1. The molecule has 19 heavy (non-hydrogen) atoms. The van der Waals surface area contributed by atoms with E-state index in [0.717, 1.165) is 44.8 Å². The molecular weight excluding hydrogens is 238 g/mol. The Kier molecular flexibility index (Phi) is 5.64. The van der Waals surface area contributed by atoms with Gasteiger partial charge in [0.2, 0.25) is 5.91 Å². The molecule has 0 aromatic rings. The zero-order chi connectivity index (χ0) is 13.7. The number of piperidine rings is 2. The van der Waals surface area contributed by atoms with Gasteiger partial charge in [-0.2, -0.15) is 0 Å². The van der Waals surface area contributed by atoms with Gasteiger partial charge < -0.3 is 16.0 Å². The molecule has 2 aliphatic rings. The van der Waals surface area contributed by atoms with Gasteiger partial charge in [-0.25, -0.2) is 0 Å². The highest BCUT2D eigenvalue weighted by Crippen LogP contribution is 2.23. The Morgan fingerprint density at radius 1 is 1.32 bits per heavy atom. The molecule has 0 bridgehead atoms. The third kappa shape index (κ3) is 4.18. The zero-order valence-corrected chi connectivity index (χ0v) is 12.2. The number of nitrogens with two attached hydrogens (primary N) is 1. The summed E-state index contributed by atoms with van der Waals surface area (Å²) in [4.78, 5) is 14.5. The maximum atomic E-state index is 12.4. The first-order valence-corrected chi connectivity index (χ1v) is 7.94. The quantitative estimate of drug-likeness (QED) is 0.811. The molecule has 2 heterocycles. The van der Waals surface area contributed by atoms with E-state index in [1.807, 2.05) is 6.92 Å². The van der Waals surface area contributed by atoms with Crippen LogP contribution in [0.15, 0.2) is 0 Å². The topological polar surface area (TPSA) is 58.4 Å². The van der Waals surface area contributed by atoms with Crippen LogP contribution in [-0.2, 0) is 4.79 Å². The van der Waals surface area contributed by atoms with Crippen LogP contribution in [0, 0.1) is 5.92 Å². The van der Waals surface area contributed by atoms with Gasteiger partial charge in [-0.3, -0.25) is 4.79 Å². The van der Waals surface area contributed by atoms with Gasteiger partial charge in [-0.05, 0) is 64.5 Å². The number of amides is 1. The first kappa shape index (κ1) is 14.8. The predicted molar refractivity (Wildman–Crippen MR) is 77.8 cm³/mol. The van der Waals surface area contributed by atoms with E-state index in [0.29, 0.717) is 12.3 Å². The fourth-order valence-electron chi connectivity index (χ4n) is 3.46. The van der Waals surface area contributed by atoms with E-state index < -0.39 is 0 Å². The smallest absolute Gasteiger partial charge is 0.222 e. The molecule has 0 radical (unpaired) electrons. The van der Waals surface area contributed by atoms with Gasteiger partial charge in [0, 0.05) is 25.0 Å². The third-order valence-corrected chi connectivity index (χ3v) is 4.70. The zero-order valence-electron chi connectivity index (χ0n) is 12.2. The maximum absolute atomic E-state index is 12.4. The summed E-state index contributed by atoms with van der Waals surface area (Å²) in [6.45, 7) is 5.18. The van der Waals surface area contributed by atoms with Crippen LogP contribution in [0.3, 0.4) is 0 Å². The van der Waals surface area contributed by atoms with Crippen molar-refractivity contribution in [2.24, 2.45) is 11.7 Å². The molecule has 0 aromatic carbocycles. The van der Waals surface area contributed by atoms with Gasteiger partial charge in [0.1, 0.15) is 0 Å². The summed E-state index contributed by atoms with van der Waals surface area (Å²) in [7, 11) is 0. The number of hydrogen-bond donors (Lipinski definition) is 2. The van der Waals surface area contributed by atoms with Crippen molar-refractivity contribution in [3.05, 3.63) is 0 Å². The minimum absolute atomic E-state index is 0.100. The summed E-state index contributed by atoms with van der Waals surface area (Å²) in [5, 5.41) is 3.38. The second kappa shape index (κ2) is 7.25. The standard InChI is InChI=1S/C15H29N3O/c1-12(16)14-4-2-3-11-18(14)15(19)6-5-13-7-9-17-10-8-13/h12-14,17H,2-11,16H2,1H3. The van der Waals surface area contributed by atoms with Crippen LogP contribution in [0.4, 0.5) is 0 Å². The number of carbonyl (C=O) groups is 1. The summed E-state index contributed by atoms with van der Waals surface area (Å²) in [6.07, 6.45) is 7.66. The molecule has 2 rings (SSSR count). The molecular formula is C15H29N3O. The van der Waals surface area contributed by atoms with E-state index in [2.05, 4.69) is 10.2 Å². The van der Waals surface area contributed by atoms with Gasteiger partial charge in [0.25, 0.3) is 0 Å². The molecule has 4 heteroatoms. The SMILES string of the molecule is CC(N)C1CCCCN1C(=O)CCC1CCNCC1. The molecule has 1 amide bonds. The van der Waals surface area contributed by atoms with E-state index in [1.54, 1.807) is 0 Å². The fraction of sp³-hybridized carbons (Fsp3) is 0.933. The minimum atomic E-state index is 0.100. The summed E-state index contributed by atoms with van der Waals surface area (Å²) >= 11 is 0. The van der Waals surface area contributed by atoms with E-state index in [-0.39, 0.29) is 12.1 Å². The van der Waals surface area contributed by atoms with E-state index in [9.17, 15) is 4.79 Å². The van der Waals surface area contributed by atoms with Crippen molar-refractivity contribution in [2.75, 3.05) is 19.6 Å². The van der Waals surface area contributed by atoms with E-state index in [1.165, 1.54) is 19.3 Å². The number of nitrogens with zero attached hydrogens (tertiary/aromatic N) is 1. The van der Waals surface area contributed by atoms with Crippen molar-refractivity contribution in [2.45, 2.75) is 64.0 Å². The number of hydrogen-bond acceptors (Lipinski definition) is 3. The molecule has 2 fully saturated rings. The van der Waals surface area contributed by atoms with Gasteiger partial charge in [-0.15, -0.1) is 0 Å². The van der Waals surface area contributed by atoms with E-state index in [4.69, 9.17) is 5.73 Å². The Hall–Kier alpha value is -0.610. The Bertz CT molecular complexity index is 287. The first-order valence-electron chi connectivity index (χ1n) is 7.94. The average molecular weight is 267 g/mol. The summed E-state index contributed by atoms with van der Waals surface area (Å²) in [5.41, 5.74) is 6.03. The lowest BCUT2D eigenvalue weighted by molar-refractivity contribution is -0.135. The fourth-order valence-corrected chi connectivity index (χ4v) is 3.46. The van der Waals surface area contributed by atoms with Crippen molar-refractivity contribution in [3.8, 4) is 0 Å². The van der Waals surface area contributed by atoms with Crippen molar-refractivity contribution in [3.63, 3.8) is 0 Å². The van der Waals surface area contributed by atoms with Crippen LogP contribution < -0.4 is 11.1 Å². The summed E-state index contributed by atoms with van der Waals surface area (Å²) in [6, 6.07) is 0.373. The van der Waals surface area contributed by atoms with Gasteiger partial charge in [0.15, 0.2) is 0 Å². The molecule has 0 aliphatic carbocycles. The van der Waals surface area contributed by atoms with Crippen LogP contribution in [0.2, 0.25) is 0 Å². The predicted octanol–water partition coefficient (Wildman–Crippen LogP) is 1.49. The molecule has 110 valence electrons. The Labute approximate surface area is 117 Å². The Balaban J connectivity index is 1.80. The van der Waals surface area contributed by atoms with Crippen molar-refractivity contribution >= 4 is 5.91 Å². The Morgan fingerprint density at radius 3 is 2.74 bits per heavy atom. The number of rotatable bonds is 4. The van der Waals surface area contributed by atoms with Gasteiger partial charge in [-0.1, -0.05) is 0 Å². The van der Waals surface area contributed by atoms with Crippen LogP contribution in [0.1, 0.15) is 51.9 Å². The van der Waals surface area contributed by atoms with Crippen molar-refractivity contribution < 1.29 is 4.79 Å². The number of carbonyl (C=O) groups excluding carboxylic acids is 1. The minimum Gasteiger partial charge on any atom is -0.338 e. The molecule has 2 unspecified atom stereocenters. The summed E-state index contributed by atoms with van der Waals surface area (Å²) in [5.74, 6) is 1.07. The third-order valence-electron chi connectivity index (χ3n) is 4.70. The molecule has 3 N–H and O–H groups in total. The largest absolute Gasteiger partial charge is 0.338 e. The molecule has 0 aromatic heterocycles. The molecule has 2 aliphatic heterocycles. The monoisotopic (exact) mass is 267 g/mol. The second-order valence-electron chi connectivity index (χ2n) is 6.24. The van der Waals surface area contributed by atoms with Crippen LogP contribution in [0.5, 0.6) is 0 Å². The molecule has 0 saturated carbocycles. The van der Waals surface area contributed by atoms with Crippen molar-refractivity contribution in [1.82, 2.24) is 10.2 Å². The van der Waals surface area contributed by atoms with Crippen LogP contribution in [0.25, 0.3) is 0 Å². The van der Waals surface area contributed by atoms with Gasteiger partial charge >= 0.3 is 0 Å². The average Bonchev–Trinajstić information content (AvgIpc) is 2.46. The lowest BCUT2D eigenvalue weighted by atomic mass is 9.92. The molecule has 0 spiro atoms. The second-order valence-corrected chi connectivity index (χ2v) is 6.24. The van der Waals surface area contributed by atoms with E-state index >= 15 is 0 Å². The molecule has 2 atom stereocenters. The van der Waals surface area contributed by atoms with Crippen molar-refractivity contribution in [1.29, 1.82) is 0 Å². The Morgan fingerprint density at radius 2 is 2.05 bits per heavy atom. The highest BCUT2D eigenvalue weighted by Gasteiger charge is 2.29.